The van der Waals surface area contributed by atoms with Gasteiger partial charge >= 0.3 is 0 Å². The number of hydrogen-bond donors (Lipinski definition) is 0. The van der Waals surface area contributed by atoms with Crippen molar-refractivity contribution in [3.8, 4) is 6.07 Å². The Labute approximate surface area is 92.0 Å². The predicted molar refractivity (Wildman–Crippen MR) is 58.4 cm³/mol. The molecule has 0 saturated carbocycles. The first-order valence-corrected chi connectivity index (χ1v) is 6.11. The standard InChI is InChI=1S/C12H20N2O/c13-11-12(5-4-9-15-10-6-12)14-7-2-1-3-8-14/h1-10H2. The molecule has 2 aliphatic rings. The Morgan fingerprint density at radius 2 is 1.80 bits per heavy atom. The van der Waals surface area contributed by atoms with E-state index in [9.17, 15) is 5.26 Å². The van der Waals surface area contributed by atoms with E-state index in [2.05, 4.69) is 11.0 Å². The fraction of sp³-hybridized carbons (Fsp3) is 0.917. The number of ether oxygens (including phenoxy) is 1. The van der Waals surface area contributed by atoms with E-state index >= 15 is 0 Å². The second-order valence-corrected chi connectivity index (χ2v) is 4.66. The molecule has 2 rings (SSSR count). The zero-order valence-corrected chi connectivity index (χ0v) is 9.37. The van der Waals surface area contributed by atoms with Gasteiger partial charge in [-0.05, 0) is 38.8 Å². The Kier molecular flexibility index (Phi) is 3.61. The van der Waals surface area contributed by atoms with Crippen LogP contribution in [-0.2, 0) is 4.74 Å². The number of hydrogen-bond acceptors (Lipinski definition) is 3. The minimum atomic E-state index is -0.211. The van der Waals surface area contributed by atoms with Crippen LogP contribution >= 0.6 is 0 Å². The molecule has 15 heavy (non-hydrogen) atoms. The van der Waals surface area contributed by atoms with Gasteiger partial charge in [-0.3, -0.25) is 4.90 Å². The van der Waals surface area contributed by atoms with E-state index in [1.807, 2.05) is 0 Å². The largest absolute Gasteiger partial charge is 0.381 e. The first kappa shape index (κ1) is 10.9. The summed E-state index contributed by atoms with van der Waals surface area (Å²) in [6, 6.07) is 2.57. The summed E-state index contributed by atoms with van der Waals surface area (Å²) in [7, 11) is 0. The second-order valence-electron chi connectivity index (χ2n) is 4.66. The lowest BCUT2D eigenvalue weighted by atomic mass is 9.88. The molecule has 0 spiro atoms. The maximum Gasteiger partial charge on any atom is 0.111 e. The minimum absolute atomic E-state index is 0.211. The molecule has 0 aromatic heterocycles. The topological polar surface area (TPSA) is 36.3 Å². The number of nitrogens with zero attached hydrogens (tertiary/aromatic N) is 2. The summed E-state index contributed by atoms with van der Waals surface area (Å²) in [6.07, 6.45) is 6.75. The first-order valence-electron chi connectivity index (χ1n) is 6.11. The smallest absolute Gasteiger partial charge is 0.111 e. The number of rotatable bonds is 1. The molecule has 0 radical (unpaired) electrons. The quantitative estimate of drug-likeness (QED) is 0.660. The summed E-state index contributed by atoms with van der Waals surface area (Å²) < 4.78 is 5.46. The van der Waals surface area contributed by atoms with Crippen molar-refractivity contribution in [1.29, 1.82) is 5.26 Å². The van der Waals surface area contributed by atoms with Crippen LogP contribution in [0.2, 0.25) is 0 Å². The summed E-state index contributed by atoms with van der Waals surface area (Å²) >= 11 is 0. The van der Waals surface area contributed by atoms with Gasteiger partial charge in [0.25, 0.3) is 0 Å². The van der Waals surface area contributed by atoms with Crippen molar-refractivity contribution in [2.75, 3.05) is 26.3 Å². The van der Waals surface area contributed by atoms with Crippen LogP contribution in [0.5, 0.6) is 0 Å². The van der Waals surface area contributed by atoms with Crippen LogP contribution in [0.4, 0.5) is 0 Å². The maximum atomic E-state index is 9.47. The van der Waals surface area contributed by atoms with Gasteiger partial charge in [-0.2, -0.15) is 5.26 Å². The highest BCUT2D eigenvalue weighted by atomic mass is 16.5. The molecule has 0 bridgehead atoms. The number of piperidine rings is 1. The molecule has 0 amide bonds. The van der Waals surface area contributed by atoms with Crippen LogP contribution in [0, 0.1) is 11.3 Å². The molecule has 1 unspecified atom stereocenters. The fourth-order valence-electron chi connectivity index (χ4n) is 2.76. The van der Waals surface area contributed by atoms with Gasteiger partial charge in [-0.15, -0.1) is 0 Å². The molecule has 2 heterocycles. The van der Waals surface area contributed by atoms with Crippen LogP contribution in [0.3, 0.4) is 0 Å². The molecule has 0 aromatic rings. The van der Waals surface area contributed by atoms with Crippen molar-refractivity contribution < 1.29 is 4.74 Å². The number of likely N-dealkylation sites (tertiary alicyclic amines) is 1. The molecule has 2 fully saturated rings. The van der Waals surface area contributed by atoms with Crippen LogP contribution in [0.15, 0.2) is 0 Å². The normalized spacial score (nSPS) is 34.3. The lowest BCUT2D eigenvalue weighted by Gasteiger charge is -2.40. The van der Waals surface area contributed by atoms with Gasteiger partial charge in [0.1, 0.15) is 5.54 Å². The van der Waals surface area contributed by atoms with Crippen molar-refractivity contribution in [3.05, 3.63) is 0 Å². The molecule has 2 aliphatic heterocycles. The highest BCUT2D eigenvalue weighted by Gasteiger charge is 2.37. The van der Waals surface area contributed by atoms with Crippen LogP contribution in [-0.4, -0.2) is 36.7 Å². The van der Waals surface area contributed by atoms with Crippen molar-refractivity contribution in [2.24, 2.45) is 0 Å². The van der Waals surface area contributed by atoms with E-state index in [1.165, 1.54) is 19.3 Å². The average molecular weight is 208 g/mol. The molecule has 0 aliphatic carbocycles. The molecule has 0 N–H and O–H groups in total. The Morgan fingerprint density at radius 1 is 1.00 bits per heavy atom. The molecule has 3 heteroatoms. The molecule has 3 nitrogen and oxygen atoms in total. The summed E-state index contributed by atoms with van der Waals surface area (Å²) in [5, 5.41) is 9.47. The molecule has 1 atom stereocenters. The van der Waals surface area contributed by atoms with Crippen LogP contribution < -0.4 is 0 Å². The van der Waals surface area contributed by atoms with E-state index in [1.54, 1.807) is 0 Å². The Morgan fingerprint density at radius 3 is 2.53 bits per heavy atom. The maximum absolute atomic E-state index is 9.47. The highest BCUT2D eigenvalue weighted by Crippen LogP contribution is 2.30. The van der Waals surface area contributed by atoms with E-state index < -0.39 is 0 Å². The van der Waals surface area contributed by atoms with Gasteiger partial charge < -0.3 is 4.74 Å². The fourth-order valence-corrected chi connectivity index (χ4v) is 2.76. The SMILES string of the molecule is N#CC1(N2CCCCC2)CCCOCC1. The van der Waals surface area contributed by atoms with Gasteiger partial charge in [0.05, 0.1) is 6.07 Å². The summed E-state index contributed by atoms with van der Waals surface area (Å²) in [5.74, 6) is 0. The third-order valence-electron chi connectivity index (χ3n) is 3.71. The minimum Gasteiger partial charge on any atom is -0.381 e. The van der Waals surface area contributed by atoms with Crippen molar-refractivity contribution in [3.63, 3.8) is 0 Å². The van der Waals surface area contributed by atoms with E-state index in [0.717, 1.165) is 45.6 Å². The van der Waals surface area contributed by atoms with Gasteiger partial charge in [0, 0.05) is 19.6 Å². The Bertz CT molecular complexity index is 232. The van der Waals surface area contributed by atoms with Crippen molar-refractivity contribution >= 4 is 0 Å². The van der Waals surface area contributed by atoms with Crippen molar-refractivity contribution in [1.82, 2.24) is 4.90 Å². The van der Waals surface area contributed by atoms with E-state index in [0.29, 0.717) is 0 Å². The van der Waals surface area contributed by atoms with Gasteiger partial charge in [0.2, 0.25) is 0 Å². The summed E-state index contributed by atoms with van der Waals surface area (Å²) in [5.41, 5.74) is -0.211. The zero-order valence-electron chi connectivity index (χ0n) is 9.37. The van der Waals surface area contributed by atoms with Gasteiger partial charge in [-0.25, -0.2) is 0 Å². The van der Waals surface area contributed by atoms with Gasteiger partial charge in [-0.1, -0.05) is 6.42 Å². The highest BCUT2D eigenvalue weighted by molar-refractivity contribution is 5.09. The molecule has 2 saturated heterocycles. The lowest BCUT2D eigenvalue weighted by Crippen LogP contribution is -2.50. The van der Waals surface area contributed by atoms with E-state index in [-0.39, 0.29) is 5.54 Å². The second kappa shape index (κ2) is 4.96. The van der Waals surface area contributed by atoms with Crippen molar-refractivity contribution in [2.45, 2.75) is 44.1 Å². The zero-order chi connectivity index (χ0) is 10.6. The Hall–Kier alpha value is -0.590. The molecular formula is C12H20N2O. The first-order chi connectivity index (χ1) is 7.37. The van der Waals surface area contributed by atoms with Gasteiger partial charge in [0.15, 0.2) is 0 Å². The predicted octanol–water partition coefficient (Wildman–Crippen LogP) is 1.94. The molecular weight excluding hydrogens is 188 g/mol. The number of nitriles is 1. The summed E-state index contributed by atoms with van der Waals surface area (Å²) in [4.78, 5) is 2.41. The lowest BCUT2D eigenvalue weighted by molar-refractivity contribution is 0.0837. The molecule has 0 aromatic carbocycles. The molecule has 84 valence electrons. The third kappa shape index (κ3) is 2.32. The average Bonchev–Trinajstić information content (AvgIpc) is 2.56. The van der Waals surface area contributed by atoms with E-state index in [4.69, 9.17) is 4.74 Å². The summed E-state index contributed by atoms with van der Waals surface area (Å²) in [6.45, 7) is 3.79. The third-order valence-corrected chi connectivity index (χ3v) is 3.71. The van der Waals surface area contributed by atoms with Crippen LogP contribution in [0.1, 0.15) is 38.5 Å². The monoisotopic (exact) mass is 208 g/mol. The van der Waals surface area contributed by atoms with Crippen LogP contribution in [0.25, 0.3) is 0 Å². The Balaban J connectivity index is 2.07.